The molecule has 3 aromatic rings. The molecule has 1 aromatic heterocycles. The normalized spacial score (nSPS) is 11.9. The molecule has 1 N–H and O–H groups in total. The molecule has 5 heteroatoms. The summed E-state index contributed by atoms with van der Waals surface area (Å²) in [7, 11) is -3.48. The lowest BCUT2D eigenvalue weighted by molar-refractivity contribution is 0.588. The number of aryl methyl sites for hydroxylation is 2. The maximum Gasteiger partial charge on any atom is 0.226 e. The standard InChI is InChI=1S/C16H16N2O2S/c1-11-7-8-12(2)13(9-11)10-21(19,20)16-17-14-5-3-4-6-15(14)18-16/h3-9H,10H2,1-2H3,(H,17,18). The van der Waals surface area contributed by atoms with Gasteiger partial charge in [0.15, 0.2) is 0 Å². The number of fused-ring (bicyclic) bond motifs is 1. The van der Waals surface area contributed by atoms with E-state index >= 15 is 0 Å². The van der Waals surface area contributed by atoms with Gasteiger partial charge in [-0.1, -0.05) is 35.9 Å². The fourth-order valence-corrected chi connectivity index (χ4v) is 3.67. The van der Waals surface area contributed by atoms with Crippen molar-refractivity contribution in [3.8, 4) is 0 Å². The molecular weight excluding hydrogens is 284 g/mol. The Labute approximate surface area is 123 Å². The van der Waals surface area contributed by atoms with Gasteiger partial charge in [0.2, 0.25) is 15.0 Å². The average Bonchev–Trinajstić information content (AvgIpc) is 2.87. The van der Waals surface area contributed by atoms with Gasteiger partial charge in [-0.25, -0.2) is 13.4 Å². The third-order valence-electron chi connectivity index (χ3n) is 3.51. The number of benzene rings is 2. The molecule has 21 heavy (non-hydrogen) atoms. The Morgan fingerprint density at radius 3 is 2.62 bits per heavy atom. The Hall–Kier alpha value is -2.14. The molecule has 0 aliphatic rings. The Bertz CT molecular complexity index is 878. The molecule has 1 heterocycles. The third-order valence-corrected chi connectivity index (χ3v) is 4.99. The van der Waals surface area contributed by atoms with E-state index in [1.54, 1.807) is 6.07 Å². The summed E-state index contributed by atoms with van der Waals surface area (Å²) in [5, 5.41) is 0.0320. The highest BCUT2D eigenvalue weighted by Crippen LogP contribution is 2.20. The molecule has 0 aliphatic carbocycles. The van der Waals surface area contributed by atoms with Crippen molar-refractivity contribution in [2.75, 3.05) is 0 Å². The van der Waals surface area contributed by atoms with Gasteiger partial charge < -0.3 is 4.98 Å². The minimum Gasteiger partial charge on any atom is -0.329 e. The molecule has 0 saturated heterocycles. The van der Waals surface area contributed by atoms with E-state index in [1.807, 2.05) is 50.2 Å². The lowest BCUT2D eigenvalue weighted by Crippen LogP contribution is -2.08. The molecule has 0 unspecified atom stereocenters. The van der Waals surface area contributed by atoms with Gasteiger partial charge in [0, 0.05) is 0 Å². The van der Waals surface area contributed by atoms with Crippen LogP contribution in [-0.4, -0.2) is 18.4 Å². The number of aromatic amines is 1. The Morgan fingerprint density at radius 2 is 1.86 bits per heavy atom. The number of imidazole rings is 1. The molecule has 0 saturated carbocycles. The first kappa shape index (κ1) is 13.8. The second-order valence-corrected chi connectivity index (χ2v) is 7.15. The van der Waals surface area contributed by atoms with Gasteiger partial charge in [0.25, 0.3) is 0 Å². The van der Waals surface area contributed by atoms with Crippen LogP contribution in [0.4, 0.5) is 0 Å². The first-order valence-electron chi connectivity index (χ1n) is 6.69. The molecule has 0 amide bonds. The molecule has 108 valence electrons. The fraction of sp³-hybridized carbons (Fsp3) is 0.188. The molecule has 0 aliphatic heterocycles. The monoisotopic (exact) mass is 300 g/mol. The van der Waals surface area contributed by atoms with Gasteiger partial charge in [0.05, 0.1) is 16.8 Å². The topological polar surface area (TPSA) is 62.8 Å². The van der Waals surface area contributed by atoms with Crippen LogP contribution in [0.15, 0.2) is 47.6 Å². The van der Waals surface area contributed by atoms with Crippen molar-refractivity contribution in [3.63, 3.8) is 0 Å². The number of nitrogens with one attached hydrogen (secondary N) is 1. The van der Waals surface area contributed by atoms with Crippen molar-refractivity contribution in [1.82, 2.24) is 9.97 Å². The van der Waals surface area contributed by atoms with Crippen LogP contribution < -0.4 is 0 Å². The summed E-state index contributed by atoms with van der Waals surface area (Å²) in [6, 6.07) is 13.1. The number of hydrogen-bond donors (Lipinski definition) is 1. The number of para-hydroxylation sites is 2. The average molecular weight is 300 g/mol. The van der Waals surface area contributed by atoms with E-state index in [-0.39, 0.29) is 10.9 Å². The van der Waals surface area contributed by atoms with Crippen LogP contribution in [0, 0.1) is 13.8 Å². The second-order valence-electron chi connectivity index (χ2n) is 5.25. The predicted octanol–water partition coefficient (Wildman–Crippen LogP) is 3.15. The number of sulfone groups is 1. The highest BCUT2D eigenvalue weighted by Gasteiger charge is 2.20. The van der Waals surface area contributed by atoms with Gasteiger partial charge in [-0.05, 0) is 37.1 Å². The smallest absolute Gasteiger partial charge is 0.226 e. The van der Waals surface area contributed by atoms with E-state index in [9.17, 15) is 8.42 Å². The van der Waals surface area contributed by atoms with Crippen molar-refractivity contribution in [1.29, 1.82) is 0 Å². The van der Waals surface area contributed by atoms with Crippen molar-refractivity contribution < 1.29 is 8.42 Å². The molecule has 4 nitrogen and oxygen atoms in total. The SMILES string of the molecule is Cc1ccc(C)c(CS(=O)(=O)c2nc3ccccc3[nH]2)c1. The maximum absolute atomic E-state index is 12.5. The van der Waals surface area contributed by atoms with E-state index in [0.717, 1.165) is 22.2 Å². The molecule has 2 aromatic carbocycles. The molecular formula is C16H16N2O2S. The number of hydrogen-bond acceptors (Lipinski definition) is 3. The first-order valence-corrected chi connectivity index (χ1v) is 8.34. The molecule has 0 bridgehead atoms. The number of H-pyrrole nitrogens is 1. The van der Waals surface area contributed by atoms with Gasteiger partial charge >= 0.3 is 0 Å². The van der Waals surface area contributed by atoms with Crippen LogP contribution in [0.3, 0.4) is 0 Å². The van der Waals surface area contributed by atoms with Gasteiger partial charge in [-0.15, -0.1) is 0 Å². The van der Waals surface area contributed by atoms with Crippen LogP contribution >= 0.6 is 0 Å². The Morgan fingerprint density at radius 1 is 1.10 bits per heavy atom. The van der Waals surface area contributed by atoms with E-state index in [1.165, 1.54) is 0 Å². The fourth-order valence-electron chi connectivity index (χ4n) is 2.31. The van der Waals surface area contributed by atoms with Crippen molar-refractivity contribution in [3.05, 3.63) is 59.2 Å². The number of rotatable bonds is 3. The maximum atomic E-state index is 12.5. The lowest BCUT2D eigenvalue weighted by Gasteiger charge is -2.06. The predicted molar refractivity (Wildman–Crippen MR) is 82.9 cm³/mol. The molecule has 0 radical (unpaired) electrons. The van der Waals surface area contributed by atoms with Gasteiger partial charge in [-0.3, -0.25) is 0 Å². The third kappa shape index (κ3) is 2.69. The van der Waals surface area contributed by atoms with Crippen LogP contribution in [0.1, 0.15) is 16.7 Å². The summed E-state index contributed by atoms with van der Waals surface area (Å²) in [6.07, 6.45) is 0. The zero-order valence-electron chi connectivity index (χ0n) is 11.9. The van der Waals surface area contributed by atoms with Crippen LogP contribution in [-0.2, 0) is 15.6 Å². The van der Waals surface area contributed by atoms with E-state index in [2.05, 4.69) is 9.97 Å². The van der Waals surface area contributed by atoms with Crippen molar-refractivity contribution >= 4 is 20.9 Å². The Balaban J connectivity index is 2.02. The van der Waals surface area contributed by atoms with Crippen LogP contribution in [0.5, 0.6) is 0 Å². The Kier molecular flexibility index (Phi) is 3.29. The quantitative estimate of drug-likeness (QED) is 0.808. The van der Waals surface area contributed by atoms with Crippen molar-refractivity contribution in [2.24, 2.45) is 0 Å². The molecule has 0 spiro atoms. The van der Waals surface area contributed by atoms with Crippen LogP contribution in [0.25, 0.3) is 11.0 Å². The second kappa shape index (κ2) is 5.00. The van der Waals surface area contributed by atoms with Crippen molar-refractivity contribution in [2.45, 2.75) is 24.8 Å². The number of nitrogens with zero attached hydrogens (tertiary/aromatic N) is 1. The molecule has 3 rings (SSSR count). The summed E-state index contributed by atoms with van der Waals surface area (Å²) >= 11 is 0. The summed E-state index contributed by atoms with van der Waals surface area (Å²) in [6.45, 7) is 3.87. The first-order chi connectivity index (χ1) is 9.95. The molecule has 0 atom stereocenters. The number of aromatic nitrogens is 2. The van der Waals surface area contributed by atoms with Crippen LogP contribution in [0.2, 0.25) is 0 Å². The zero-order chi connectivity index (χ0) is 15.0. The highest BCUT2D eigenvalue weighted by atomic mass is 32.2. The minimum absolute atomic E-state index is 0.0320. The van der Waals surface area contributed by atoms with Gasteiger partial charge in [-0.2, -0.15) is 0 Å². The summed E-state index contributed by atoms with van der Waals surface area (Å²) in [4.78, 5) is 7.08. The molecule has 0 fully saturated rings. The highest BCUT2D eigenvalue weighted by molar-refractivity contribution is 7.90. The largest absolute Gasteiger partial charge is 0.329 e. The summed E-state index contributed by atoms with van der Waals surface area (Å²) < 4.78 is 25.1. The van der Waals surface area contributed by atoms with E-state index in [4.69, 9.17) is 0 Å². The van der Waals surface area contributed by atoms with Gasteiger partial charge in [0.1, 0.15) is 0 Å². The summed E-state index contributed by atoms with van der Waals surface area (Å²) in [5.74, 6) is -0.0413. The summed E-state index contributed by atoms with van der Waals surface area (Å²) in [5.41, 5.74) is 4.24. The zero-order valence-corrected chi connectivity index (χ0v) is 12.7. The van der Waals surface area contributed by atoms with E-state index < -0.39 is 9.84 Å². The minimum atomic E-state index is -3.48. The lowest BCUT2D eigenvalue weighted by atomic mass is 10.1. The van der Waals surface area contributed by atoms with E-state index in [0.29, 0.717) is 5.52 Å².